The fourth-order valence-electron chi connectivity index (χ4n) is 1.18. The number of benzene rings is 1. The fourth-order valence-corrected chi connectivity index (χ4v) is 1.18. The van der Waals surface area contributed by atoms with Gasteiger partial charge in [-0.25, -0.2) is 9.18 Å². The largest absolute Gasteiger partial charge is 0.465 e. The Morgan fingerprint density at radius 3 is 2.71 bits per heavy atom. The molecule has 74 valence electrons. The number of esters is 1. The SMILES string of the molecule is COC(=O)c1cc2c(cc1F)OCO2. The molecule has 0 radical (unpaired) electrons. The van der Waals surface area contributed by atoms with Crippen LogP contribution >= 0.6 is 0 Å². The van der Waals surface area contributed by atoms with E-state index in [4.69, 9.17) is 9.47 Å². The minimum Gasteiger partial charge on any atom is -0.465 e. The lowest BCUT2D eigenvalue weighted by atomic mass is 10.2. The van der Waals surface area contributed by atoms with Crippen molar-refractivity contribution in [1.29, 1.82) is 0 Å². The Bertz CT molecular complexity index is 389. The van der Waals surface area contributed by atoms with E-state index in [1.807, 2.05) is 0 Å². The van der Waals surface area contributed by atoms with Gasteiger partial charge >= 0.3 is 5.97 Å². The second-order valence-corrected chi connectivity index (χ2v) is 2.68. The number of carbonyl (C=O) groups is 1. The maximum Gasteiger partial charge on any atom is 0.340 e. The molecular formula is C9H7FO4. The van der Waals surface area contributed by atoms with Crippen molar-refractivity contribution >= 4 is 5.97 Å². The second-order valence-electron chi connectivity index (χ2n) is 2.68. The molecule has 0 aromatic heterocycles. The fraction of sp³-hybridized carbons (Fsp3) is 0.222. The first-order chi connectivity index (χ1) is 6.72. The molecule has 0 spiro atoms. The first-order valence-corrected chi connectivity index (χ1v) is 3.90. The Morgan fingerprint density at radius 2 is 2.07 bits per heavy atom. The summed E-state index contributed by atoms with van der Waals surface area (Å²) in [6.45, 7) is 0.0411. The van der Waals surface area contributed by atoms with E-state index >= 15 is 0 Å². The van der Waals surface area contributed by atoms with E-state index in [1.54, 1.807) is 0 Å². The van der Waals surface area contributed by atoms with Crippen LogP contribution in [0.1, 0.15) is 10.4 Å². The van der Waals surface area contributed by atoms with Crippen LogP contribution in [0.25, 0.3) is 0 Å². The molecule has 1 heterocycles. The lowest BCUT2D eigenvalue weighted by molar-refractivity contribution is 0.0595. The number of hydrogen-bond donors (Lipinski definition) is 0. The van der Waals surface area contributed by atoms with Crippen LogP contribution in [-0.4, -0.2) is 19.9 Å². The van der Waals surface area contributed by atoms with Gasteiger partial charge in [-0.1, -0.05) is 0 Å². The Hall–Kier alpha value is -1.78. The van der Waals surface area contributed by atoms with Gasteiger partial charge in [-0.05, 0) is 0 Å². The minimum absolute atomic E-state index is 0.0411. The standard InChI is InChI=1S/C9H7FO4/c1-12-9(11)5-2-7-8(3-6(5)10)14-4-13-7/h2-3H,4H2,1H3. The van der Waals surface area contributed by atoms with Crippen molar-refractivity contribution in [3.05, 3.63) is 23.5 Å². The van der Waals surface area contributed by atoms with Crippen LogP contribution in [0.2, 0.25) is 0 Å². The van der Waals surface area contributed by atoms with Crippen molar-refractivity contribution < 1.29 is 23.4 Å². The molecular weight excluding hydrogens is 191 g/mol. The summed E-state index contributed by atoms with van der Waals surface area (Å²) in [4.78, 5) is 11.1. The molecule has 0 atom stereocenters. The van der Waals surface area contributed by atoms with E-state index in [1.165, 1.54) is 13.2 Å². The molecule has 0 saturated carbocycles. The van der Waals surface area contributed by atoms with Crippen LogP contribution in [0.3, 0.4) is 0 Å². The Morgan fingerprint density at radius 1 is 1.43 bits per heavy atom. The number of fused-ring (bicyclic) bond motifs is 1. The predicted molar refractivity (Wildman–Crippen MR) is 43.9 cm³/mol. The van der Waals surface area contributed by atoms with Crippen molar-refractivity contribution in [3.8, 4) is 11.5 Å². The molecule has 1 aliphatic heterocycles. The van der Waals surface area contributed by atoms with Gasteiger partial charge in [-0.3, -0.25) is 0 Å². The zero-order valence-electron chi connectivity index (χ0n) is 7.37. The smallest absolute Gasteiger partial charge is 0.340 e. The van der Waals surface area contributed by atoms with Gasteiger partial charge in [0, 0.05) is 12.1 Å². The van der Waals surface area contributed by atoms with Crippen LogP contribution in [-0.2, 0) is 4.74 Å². The molecule has 5 heteroatoms. The van der Waals surface area contributed by atoms with E-state index in [2.05, 4.69) is 4.74 Å². The highest BCUT2D eigenvalue weighted by atomic mass is 19.1. The highest BCUT2D eigenvalue weighted by molar-refractivity contribution is 5.90. The van der Waals surface area contributed by atoms with Gasteiger partial charge in [0.05, 0.1) is 12.7 Å². The van der Waals surface area contributed by atoms with Gasteiger partial charge in [0.1, 0.15) is 5.82 Å². The monoisotopic (exact) mass is 198 g/mol. The van der Waals surface area contributed by atoms with Crippen molar-refractivity contribution in [2.75, 3.05) is 13.9 Å². The van der Waals surface area contributed by atoms with Crippen molar-refractivity contribution in [3.63, 3.8) is 0 Å². The Kier molecular flexibility index (Phi) is 1.99. The Balaban J connectivity index is 2.47. The number of halogens is 1. The number of hydrogen-bond acceptors (Lipinski definition) is 4. The number of rotatable bonds is 1. The third kappa shape index (κ3) is 1.26. The van der Waals surface area contributed by atoms with E-state index in [-0.39, 0.29) is 12.4 Å². The van der Waals surface area contributed by atoms with Crippen LogP contribution < -0.4 is 9.47 Å². The maximum absolute atomic E-state index is 13.2. The topological polar surface area (TPSA) is 44.8 Å². The molecule has 1 aliphatic rings. The van der Waals surface area contributed by atoms with Gasteiger partial charge < -0.3 is 14.2 Å². The average molecular weight is 198 g/mol. The molecule has 1 aromatic rings. The molecule has 0 amide bonds. The van der Waals surface area contributed by atoms with Crippen molar-refractivity contribution in [2.24, 2.45) is 0 Å². The first kappa shape index (κ1) is 8.80. The summed E-state index contributed by atoms with van der Waals surface area (Å²) < 4.78 is 27.6. The van der Waals surface area contributed by atoms with Crippen LogP contribution in [0.15, 0.2) is 12.1 Å². The zero-order valence-corrected chi connectivity index (χ0v) is 7.37. The van der Waals surface area contributed by atoms with E-state index in [0.717, 1.165) is 6.07 Å². The van der Waals surface area contributed by atoms with Crippen LogP contribution in [0.4, 0.5) is 4.39 Å². The van der Waals surface area contributed by atoms with Gasteiger partial charge in [0.15, 0.2) is 11.5 Å². The number of methoxy groups -OCH3 is 1. The van der Waals surface area contributed by atoms with Gasteiger partial charge in [0.25, 0.3) is 0 Å². The number of carbonyl (C=O) groups excluding carboxylic acids is 1. The quantitative estimate of drug-likeness (QED) is 0.639. The second kappa shape index (κ2) is 3.17. The third-order valence-corrected chi connectivity index (χ3v) is 1.87. The number of ether oxygens (including phenoxy) is 3. The molecule has 2 rings (SSSR count). The first-order valence-electron chi connectivity index (χ1n) is 3.90. The van der Waals surface area contributed by atoms with E-state index in [9.17, 15) is 9.18 Å². The minimum atomic E-state index is -0.735. The summed E-state index contributed by atoms with van der Waals surface area (Å²) >= 11 is 0. The zero-order chi connectivity index (χ0) is 10.1. The molecule has 0 unspecified atom stereocenters. The van der Waals surface area contributed by atoms with Crippen LogP contribution in [0.5, 0.6) is 11.5 Å². The molecule has 4 nitrogen and oxygen atoms in total. The van der Waals surface area contributed by atoms with E-state index < -0.39 is 11.8 Å². The Labute approximate surface area is 79.2 Å². The highest BCUT2D eigenvalue weighted by Crippen LogP contribution is 2.34. The summed E-state index contributed by atoms with van der Waals surface area (Å²) in [5.41, 5.74) is -0.156. The van der Waals surface area contributed by atoms with Crippen molar-refractivity contribution in [2.45, 2.75) is 0 Å². The molecule has 0 fully saturated rings. The average Bonchev–Trinajstić information content (AvgIpc) is 2.62. The molecule has 0 aliphatic carbocycles. The predicted octanol–water partition coefficient (Wildman–Crippen LogP) is 1.34. The van der Waals surface area contributed by atoms with Gasteiger partial charge in [-0.2, -0.15) is 0 Å². The van der Waals surface area contributed by atoms with Crippen LogP contribution in [0, 0.1) is 5.82 Å². The normalized spacial score (nSPS) is 12.7. The summed E-state index contributed by atoms with van der Waals surface area (Å²) in [5, 5.41) is 0. The molecule has 0 N–H and O–H groups in total. The highest BCUT2D eigenvalue weighted by Gasteiger charge is 2.21. The van der Waals surface area contributed by atoms with E-state index in [0.29, 0.717) is 11.5 Å². The summed E-state index contributed by atoms with van der Waals surface area (Å²) in [7, 11) is 1.19. The summed E-state index contributed by atoms with van der Waals surface area (Å²) in [6.07, 6.45) is 0. The van der Waals surface area contributed by atoms with Gasteiger partial charge in [-0.15, -0.1) is 0 Å². The maximum atomic E-state index is 13.2. The summed E-state index contributed by atoms with van der Waals surface area (Å²) in [5.74, 6) is -0.760. The lowest BCUT2D eigenvalue weighted by Crippen LogP contribution is -2.04. The molecule has 0 bridgehead atoms. The van der Waals surface area contributed by atoms with Gasteiger partial charge in [0.2, 0.25) is 6.79 Å². The molecule has 1 aromatic carbocycles. The third-order valence-electron chi connectivity index (χ3n) is 1.87. The lowest BCUT2D eigenvalue weighted by Gasteiger charge is -2.02. The molecule has 14 heavy (non-hydrogen) atoms. The summed E-state index contributed by atoms with van der Waals surface area (Å²) in [6, 6.07) is 2.37. The van der Waals surface area contributed by atoms with Crippen molar-refractivity contribution in [1.82, 2.24) is 0 Å². The molecule has 0 saturated heterocycles.